The van der Waals surface area contributed by atoms with E-state index in [4.69, 9.17) is 5.73 Å². The van der Waals surface area contributed by atoms with Crippen LogP contribution in [0.3, 0.4) is 0 Å². The van der Waals surface area contributed by atoms with Gasteiger partial charge in [0.25, 0.3) is 5.69 Å². The van der Waals surface area contributed by atoms with Gasteiger partial charge in [-0.05, 0) is 18.1 Å². The minimum absolute atomic E-state index is 0.137. The van der Waals surface area contributed by atoms with Crippen molar-refractivity contribution in [1.29, 1.82) is 0 Å². The van der Waals surface area contributed by atoms with Crippen molar-refractivity contribution in [2.24, 2.45) is 0 Å². The molecule has 0 aromatic heterocycles. The SMILES string of the molecule is CC(=O)NCCC=Cc1cc(F)c(N)c([N+](=O)[O-])c1. The Kier molecular flexibility index (Phi) is 4.99. The maximum atomic E-state index is 13.4. The van der Waals surface area contributed by atoms with Crippen LogP contribution in [0.1, 0.15) is 18.9 Å². The lowest BCUT2D eigenvalue weighted by molar-refractivity contribution is -0.384. The van der Waals surface area contributed by atoms with E-state index in [1.54, 1.807) is 6.08 Å². The molecule has 0 aliphatic rings. The maximum Gasteiger partial charge on any atom is 0.295 e. The Morgan fingerprint density at radius 3 is 2.84 bits per heavy atom. The summed E-state index contributed by atoms with van der Waals surface area (Å²) in [5.41, 5.74) is 4.69. The number of nitrogens with two attached hydrogens (primary N) is 1. The lowest BCUT2D eigenvalue weighted by atomic mass is 10.1. The highest BCUT2D eigenvalue weighted by Gasteiger charge is 2.16. The summed E-state index contributed by atoms with van der Waals surface area (Å²) in [6.45, 7) is 1.85. The lowest BCUT2D eigenvalue weighted by Crippen LogP contribution is -2.20. The van der Waals surface area contributed by atoms with E-state index in [0.717, 1.165) is 6.07 Å². The summed E-state index contributed by atoms with van der Waals surface area (Å²) in [6, 6.07) is 2.32. The van der Waals surface area contributed by atoms with Gasteiger partial charge in [-0.25, -0.2) is 4.39 Å². The first-order valence-electron chi connectivity index (χ1n) is 5.56. The van der Waals surface area contributed by atoms with Crippen LogP contribution in [-0.4, -0.2) is 17.4 Å². The minimum Gasteiger partial charge on any atom is -0.391 e. The Bertz CT molecular complexity index is 529. The van der Waals surface area contributed by atoms with Crippen molar-refractivity contribution in [3.05, 3.63) is 39.7 Å². The van der Waals surface area contributed by atoms with Crippen LogP contribution in [0.5, 0.6) is 0 Å². The molecule has 0 heterocycles. The molecule has 6 nitrogen and oxygen atoms in total. The van der Waals surface area contributed by atoms with Crippen LogP contribution in [0.25, 0.3) is 6.08 Å². The summed E-state index contributed by atoms with van der Waals surface area (Å²) in [4.78, 5) is 20.5. The molecule has 19 heavy (non-hydrogen) atoms. The summed E-state index contributed by atoms with van der Waals surface area (Å²) < 4.78 is 13.4. The van der Waals surface area contributed by atoms with Gasteiger partial charge in [0, 0.05) is 19.5 Å². The molecule has 0 atom stereocenters. The molecule has 0 spiro atoms. The summed E-state index contributed by atoms with van der Waals surface area (Å²) in [5.74, 6) is -0.960. The van der Waals surface area contributed by atoms with Gasteiger partial charge in [0.1, 0.15) is 5.69 Å². The number of amides is 1. The highest BCUT2D eigenvalue weighted by molar-refractivity contribution is 5.72. The third-order valence-electron chi connectivity index (χ3n) is 2.32. The van der Waals surface area contributed by atoms with Crippen LogP contribution in [0.2, 0.25) is 0 Å². The highest BCUT2D eigenvalue weighted by atomic mass is 19.1. The molecule has 3 N–H and O–H groups in total. The molecule has 0 fully saturated rings. The number of anilines is 1. The number of nitrogens with one attached hydrogen (secondary N) is 1. The van der Waals surface area contributed by atoms with Crippen LogP contribution < -0.4 is 11.1 Å². The molecule has 1 aromatic rings. The van der Waals surface area contributed by atoms with Crippen LogP contribution in [-0.2, 0) is 4.79 Å². The van der Waals surface area contributed by atoms with E-state index >= 15 is 0 Å². The van der Waals surface area contributed by atoms with Crippen molar-refractivity contribution in [1.82, 2.24) is 5.32 Å². The van der Waals surface area contributed by atoms with Crippen LogP contribution in [0.4, 0.5) is 15.8 Å². The number of hydrogen-bond acceptors (Lipinski definition) is 4. The predicted molar refractivity (Wildman–Crippen MR) is 69.8 cm³/mol. The van der Waals surface area contributed by atoms with Crippen molar-refractivity contribution >= 4 is 23.4 Å². The zero-order valence-electron chi connectivity index (χ0n) is 10.4. The molecule has 1 amide bonds. The van der Waals surface area contributed by atoms with Gasteiger partial charge < -0.3 is 11.1 Å². The molecule has 0 aliphatic carbocycles. The van der Waals surface area contributed by atoms with E-state index in [1.807, 2.05) is 0 Å². The smallest absolute Gasteiger partial charge is 0.295 e. The number of nitro groups is 1. The molecule has 0 radical (unpaired) electrons. The Labute approximate surface area is 109 Å². The Balaban J connectivity index is 2.76. The number of benzene rings is 1. The topological polar surface area (TPSA) is 98.3 Å². The maximum absolute atomic E-state index is 13.4. The molecule has 0 saturated carbocycles. The summed E-state index contributed by atoms with van der Waals surface area (Å²) in [6.07, 6.45) is 3.77. The van der Waals surface area contributed by atoms with E-state index in [1.165, 1.54) is 19.1 Å². The van der Waals surface area contributed by atoms with Gasteiger partial charge in [-0.2, -0.15) is 0 Å². The van der Waals surface area contributed by atoms with Gasteiger partial charge in [0.15, 0.2) is 5.82 Å². The summed E-state index contributed by atoms with van der Waals surface area (Å²) >= 11 is 0. The molecule has 0 bridgehead atoms. The van der Waals surface area contributed by atoms with Crippen molar-refractivity contribution in [2.75, 3.05) is 12.3 Å². The fourth-order valence-electron chi connectivity index (χ4n) is 1.42. The van der Waals surface area contributed by atoms with Gasteiger partial charge >= 0.3 is 0 Å². The van der Waals surface area contributed by atoms with Crippen molar-refractivity contribution in [2.45, 2.75) is 13.3 Å². The largest absolute Gasteiger partial charge is 0.391 e. The van der Waals surface area contributed by atoms with Gasteiger partial charge in [-0.15, -0.1) is 0 Å². The number of nitrogen functional groups attached to an aromatic ring is 1. The van der Waals surface area contributed by atoms with E-state index < -0.39 is 22.1 Å². The van der Waals surface area contributed by atoms with Crippen LogP contribution in [0, 0.1) is 15.9 Å². The van der Waals surface area contributed by atoms with Gasteiger partial charge in [-0.3, -0.25) is 14.9 Å². The standard InChI is InChI=1S/C12H14FN3O3/c1-8(17)15-5-3-2-4-9-6-10(13)12(14)11(7-9)16(18)19/h2,4,6-7H,3,5,14H2,1H3,(H,15,17). The molecule has 0 aliphatic heterocycles. The second-order valence-corrected chi connectivity index (χ2v) is 3.87. The number of nitrogens with zero attached hydrogens (tertiary/aromatic N) is 1. The van der Waals surface area contributed by atoms with Crippen LogP contribution in [0.15, 0.2) is 18.2 Å². The van der Waals surface area contributed by atoms with Crippen molar-refractivity contribution in [3.63, 3.8) is 0 Å². The quantitative estimate of drug-likeness (QED) is 0.368. The zero-order valence-corrected chi connectivity index (χ0v) is 10.4. The Morgan fingerprint density at radius 1 is 1.58 bits per heavy atom. The molecular formula is C12H14FN3O3. The van der Waals surface area contributed by atoms with E-state index in [0.29, 0.717) is 18.5 Å². The average Bonchev–Trinajstić information content (AvgIpc) is 2.32. The number of carbonyl (C=O) groups excluding carboxylic acids is 1. The third kappa shape index (κ3) is 4.38. The second kappa shape index (κ2) is 6.48. The van der Waals surface area contributed by atoms with Gasteiger partial charge in [0.2, 0.25) is 5.91 Å². The molecular weight excluding hydrogens is 253 g/mol. The normalized spacial score (nSPS) is 10.6. The first kappa shape index (κ1) is 14.6. The predicted octanol–water partition coefficient (Wildman–Crippen LogP) is 1.86. The number of nitro benzene ring substituents is 1. The first-order valence-corrected chi connectivity index (χ1v) is 5.56. The van der Waals surface area contributed by atoms with Gasteiger partial charge in [-0.1, -0.05) is 12.2 Å². The Hall–Kier alpha value is -2.44. The molecule has 102 valence electrons. The Morgan fingerprint density at radius 2 is 2.26 bits per heavy atom. The van der Waals surface area contributed by atoms with Crippen LogP contribution >= 0.6 is 0 Å². The molecule has 7 heteroatoms. The van der Waals surface area contributed by atoms with E-state index in [2.05, 4.69) is 5.32 Å². The minimum atomic E-state index is -0.823. The second-order valence-electron chi connectivity index (χ2n) is 3.87. The van der Waals surface area contributed by atoms with Crippen molar-refractivity contribution < 1.29 is 14.1 Å². The highest BCUT2D eigenvalue weighted by Crippen LogP contribution is 2.26. The molecule has 0 unspecified atom stereocenters. The summed E-state index contributed by atoms with van der Waals surface area (Å²) in [5, 5.41) is 13.3. The average molecular weight is 267 g/mol. The van der Waals surface area contributed by atoms with Gasteiger partial charge in [0.05, 0.1) is 4.92 Å². The molecule has 1 rings (SSSR count). The first-order chi connectivity index (χ1) is 8.91. The molecule has 0 saturated heterocycles. The lowest BCUT2D eigenvalue weighted by Gasteiger charge is -2.01. The fraction of sp³-hybridized carbons (Fsp3) is 0.250. The number of halogens is 1. The monoisotopic (exact) mass is 267 g/mol. The zero-order chi connectivity index (χ0) is 14.4. The fourth-order valence-corrected chi connectivity index (χ4v) is 1.42. The van der Waals surface area contributed by atoms with E-state index in [9.17, 15) is 19.3 Å². The molecule has 1 aromatic carbocycles. The van der Waals surface area contributed by atoms with E-state index in [-0.39, 0.29) is 5.91 Å². The summed E-state index contributed by atoms with van der Waals surface area (Å²) in [7, 11) is 0. The van der Waals surface area contributed by atoms with Crippen molar-refractivity contribution in [3.8, 4) is 0 Å². The number of carbonyl (C=O) groups is 1. The number of rotatable bonds is 5. The third-order valence-corrected chi connectivity index (χ3v) is 2.32. The number of hydrogen-bond donors (Lipinski definition) is 2.